The molecule has 0 atom stereocenters. The molecule has 22 heavy (non-hydrogen) atoms. The number of anilines is 1. The van der Waals surface area contributed by atoms with Gasteiger partial charge >= 0.3 is 6.03 Å². The van der Waals surface area contributed by atoms with Gasteiger partial charge in [0.1, 0.15) is 5.82 Å². The predicted molar refractivity (Wildman–Crippen MR) is 84.5 cm³/mol. The fourth-order valence-corrected chi connectivity index (χ4v) is 2.56. The maximum atomic E-state index is 12.3. The van der Waals surface area contributed by atoms with Crippen LogP contribution in [0.3, 0.4) is 0 Å². The number of hydrogen-bond donors (Lipinski definition) is 2. The number of amides is 2. The second-order valence-electron chi connectivity index (χ2n) is 4.93. The van der Waals surface area contributed by atoms with Crippen LogP contribution in [0.15, 0.2) is 29.3 Å². The lowest BCUT2D eigenvalue weighted by Crippen LogP contribution is -2.39. The summed E-state index contributed by atoms with van der Waals surface area (Å²) in [4.78, 5) is 31.8. The number of H-pyrrole nitrogens is 1. The van der Waals surface area contributed by atoms with Crippen LogP contribution in [0.4, 0.5) is 10.6 Å². The Morgan fingerprint density at radius 2 is 2.09 bits per heavy atom. The second kappa shape index (κ2) is 5.98. The van der Waals surface area contributed by atoms with E-state index in [1.807, 2.05) is 0 Å². The first kappa shape index (κ1) is 14.9. The summed E-state index contributed by atoms with van der Waals surface area (Å²) >= 11 is 11.7. The van der Waals surface area contributed by atoms with Crippen molar-refractivity contribution in [1.29, 1.82) is 0 Å². The lowest BCUT2D eigenvalue weighted by Gasteiger charge is -2.28. The monoisotopic (exact) mass is 338 g/mol. The molecule has 1 aliphatic rings. The summed E-state index contributed by atoms with van der Waals surface area (Å²) < 4.78 is 0. The topological polar surface area (TPSA) is 78.1 Å². The zero-order valence-electron chi connectivity index (χ0n) is 11.4. The van der Waals surface area contributed by atoms with E-state index in [0.717, 1.165) is 11.1 Å². The van der Waals surface area contributed by atoms with Gasteiger partial charge < -0.3 is 9.88 Å². The fraction of sp³-hybridized carbons (Fsp3) is 0.214. The number of aromatic amines is 1. The molecule has 0 bridgehead atoms. The van der Waals surface area contributed by atoms with E-state index < -0.39 is 0 Å². The van der Waals surface area contributed by atoms with Crippen molar-refractivity contribution in [1.82, 2.24) is 14.9 Å². The molecule has 114 valence electrons. The molecule has 3 rings (SSSR count). The van der Waals surface area contributed by atoms with Crippen LogP contribution >= 0.6 is 23.2 Å². The van der Waals surface area contributed by atoms with E-state index in [-0.39, 0.29) is 11.6 Å². The van der Waals surface area contributed by atoms with Gasteiger partial charge in [-0.1, -0.05) is 23.2 Å². The number of rotatable bonds is 1. The molecule has 2 N–H and O–H groups in total. The van der Waals surface area contributed by atoms with E-state index >= 15 is 0 Å². The van der Waals surface area contributed by atoms with E-state index in [1.165, 1.54) is 12.3 Å². The minimum absolute atomic E-state index is 0.128. The van der Waals surface area contributed by atoms with E-state index in [0.29, 0.717) is 35.4 Å². The molecule has 0 aromatic carbocycles. The lowest BCUT2D eigenvalue weighted by molar-refractivity contribution is 0.206. The zero-order valence-corrected chi connectivity index (χ0v) is 12.9. The minimum atomic E-state index is -0.275. The van der Waals surface area contributed by atoms with Crippen LogP contribution in [0.5, 0.6) is 0 Å². The van der Waals surface area contributed by atoms with Crippen LogP contribution in [0.25, 0.3) is 0 Å². The van der Waals surface area contributed by atoms with Gasteiger partial charge in [0.25, 0.3) is 0 Å². The molecule has 2 aromatic rings. The van der Waals surface area contributed by atoms with Gasteiger partial charge in [-0.05, 0) is 17.5 Å². The van der Waals surface area contributed by atoms with E-state index in [4.69, 9.17) is 23.2 Å². The number of carbonyl (C=O) groups excluding carboxylic acids is 1. The average molecular weight is 339 g/mol. The van der Waals surface area contributed by atoms with Crippen molar-refractivity contribution < 1.29 is 4.79 Å². The highest BCUT2D eigenvalue weighted by molar-refractivity contribution is 6.42. The van der Waals surface area contributed by atoms with Gasteiger partial charge in [0, 0.05) is 37.6 Å². The number of halogens is 2. The standard InChI is InChI=1S/C14H12Cl2N4O2/c15-10-4-12(17-6-11(10)16)19-14(22)20-2-1-8-3-13(21)18-5-9(8)7-20/h3-6H,1-2,7H2,(H,18,21)(H,17,19,22). The molecule has 0 radical (unpaired) electrons. The number of fused-ring (bicyclic) bond motifs is 1. The Bertz CT molecular complexity index is 791. The number of carbonyl (C=O) groups is 1. The number of urea groups is 1. The highest BCUT2D eigenvalue weighted by Gasteiger charge is 2.21. The summed E-state index contributed by atoms with van der Waals surface area (Å²) in [7, 11) is 0. The molecular weight excluding hydrogens is 327 g/mol. The van der Waals surface area contributed by atoms with Gasteiger partial charge in [0.2, 0.25) is 5.56 Å². The van der Waals surface area contributed by atoms with Crippen LogP contribution in [-0.2, 0) is 13.0 Å². The quantitative estimate of drug-likeness (QED) is 0.838. The Labute approximate surface area is 136 Å². The summed E-state index contributed by atoms with van der Waals surface area (Å²) in [5, 5.41) is 3.34. The van der Waals surface area contributed by atoms with Crippen molar-refractivity contribution in [3.05, 3.63) is 56.1 Å². The van der Waals surface area contributed by atoms with Crippen molar-refractivity contribution >= 4 is 35.1 Å². The second-order valence-corrected chi connectivity index (χ2v) is 5.75. The molecule has 1 aliphatic heterocycles. The van der Waals surface area contributed by atoms with Crippen LogP contribution in [0.1, 0.15) is 11.1 Å². The van der Waals surface area contributed by atoms with E-state index in [9.17, 15) is 9.59 Å². The third-order valence-corrected chi connectivity index (χ3v) is 4.16. The van der Waals surface area contributed by atoms with Crippen LogP contribution in [-0.4, -0.2) is 27.4 Å². The molecule has 0 spiro atoms. The number of pyridine rings is 2. The Balaban J connectivity index is 1.72. The van der Waals surface area contributed by atoms with Gasteiger partial charge in [-0.3, -0.25) is 10.1 Å². The molecule has 8 heteroatoms. The lowest BCUT2D eigenvalue weighted by atomic mass is 10.0. The number of aromatic nitrogens is 2. The predicted octanol–water partition coefficient (Wildman–Crippen LogP) is 2.67. The Morgan fingerprint density at radius 3 is 2.86 bits per heavy atom. The van der Waals surface area contributed by atoms with Crippen molar-refractivity contribution in [2.75, 3.05) is 11.9 Å². The maximum Gasteiger partial charge on any atom is 0.323 e. The van der Waals surface area contributed by atoms with Crippen molar-refractivity contribution in [2.24, 2.45) is 0 Å². The van der Waals surface area contributed by atoms with Crippen molar-refractivity contribution in [2.45, 2.75) is 13.0 Å². The summed E-state index contributed by atoms with van der Waals surface area (Å²) in [5.41, 5.74) is 1.78. The maximum absolute atomic E-state index is 12.3. The Morgan fingerprint density at radius 1 is 1.27 bits per heavy atom. The summed E-state index contributed by atoms with van der Waals surface area (Å²) in [6, 6.07) is 2.80. The third kappa shape index (κ3) is 3.08. The van der Waals surface area contributed by atoms with Crippen molar-refractivity contribution in [3.63, 3.8) is 0 Å². The Kier molecular flexibility index (Phi) is 4.04. The van der Waals surface area contributed by atoms with E-state index in [1.54, 1.807) is 17.2 Å². The first-order chi connectivity index (χ1) is 10.5. The largest absolute Gasteiger partial charge is 0.329 e. The molecule has 0 saturated carbocycles. The molecular formula is C14H12Cl2N4O2. The van der Waals surface area contributed by atoms with Crippen LogP contribution < -0.4 is 10.9 Å². The van der Waals surface area contributed by atoms with Gasteiger partial charge in [-0.2, -0.15) is 0 Å². The molecule has 0 aliphatic carbocycles. The van der Waals surface area contributed by atoms with Gasteiger partial charge in [0.05, 0.1) is 10.0 Å². The SMILES string of the molecule is O=C(Nc1cc(Cl)c(Cl)cn1)N1CCc2cc(=O)[nH]cc2C1. The first-order valence-electron chi connectivity index (χ1n) is 6.60. The third-order valence-electron chi connectivity index (χ3n) is 3.45. The minimum Gasteiger partial charge on any atom is -0.329 e. The highest BCUT2D eigenvalue weighted by Crippen LogP contribution is 2.23. The molecule has 3 heterocycles. The van der Waals surface area contributed by atoms with Crippen LogP contribution in [0, 0.1) is 0 Å². The Hall–Kier alpha value is -2.05. The van der Waals surface area contributed by atoms with Crippen molar-refractivity contribution in [3.8, 4) is 0 Å². The van der Waals surface area contributed by atoms with Gasteiger partial charge in [-0.15, -0.1) is 0 Å². The number of nitrogens with one attached hydrogen (secondary N) is 2. The first-order valence-corrected chi connectivity index (χ1v) is 7.36. The summed E-state index contributed by atoms with van der Waals surface area (Å²) in [6.45, 7) is 0.961. The zero-order chi connectivity index (χ0) is 15.7. The summed E-state index contributed by atoms with van der Waals surface area (Å²) in [5.74, 6) is 0.340. The van der Waals surface area contributed by atoms with Crippen LogP contribution in [0.2, 0.25) is 10.0 Å². The summed E-state index contributed by atoms with van der Waals surface area (Å²) in [6.07, 6.45) is 3.67. The molecule has 0 unspecified atom stereocenters. The molecule has 6 nitrogen and oxygen atoms in total. The smallest absolute Gasteiger partial charge is 0.323 e. The number of nitrogens with zero attached hydrogens (tertiary/aromatic N) is 2. The molecule has 0 fully saturated rings. The normalized spacial score (nSPS) is 13.6. The molecule has 2 amide bonds. The highest BCUT2D eigenvalue weighted by atomic mass is 35.5. The fourth-order valence-electron chi connectivity index (χ4n) is 2.31. The van der Waals surface area contributed by atoms with Gasteiger partial charge in [-0.25, -0.2) is 9.78 Å². The average Bonchev–Trinajstić information content (AvgIpc) is 2.50. The van der Waals surface area contributed by atoms with Gasteiger partial charge in [0.15, 0.2) is 0 Å². The molecule has 2 aromatic heterocycles. The van der Waals surface area contributed by atoms with E-state index in [2.05, 4.69) is 15.3 Å². The number of hydrogen-bond acceptors (Lipinski definition) is 3. The molecule has 0 saturated heterocycles.